The maximum Gasteiger partial charge on any atom is 0.159 e. The van der Waals surface area contributed by atoms with Gasteiger partial charge in [-0.2, -0.15) is 0 Å². The Morgan fingerprint density at radius 1 is 1.46 bits per heavy atom. The van der Waals surface area contributed by atoms with Crippen LogP contribution in [0.4, 0.5) is 0 Å². The second kappa shape index (κ2) is 4.88. The molecule has 0 aliphatic carbocycles. The van der Waals surface area contributed by atoms with Crippen LogP contribution in [0.5, 0.6) is 0 Å². The highest BCUT2D eigenvalue weighted by Crippen LogP contribution is 2.17. The minimum Gasteiger partial charge on any atom is -0.377 e. The molecule has 0 amide bonds. The van der Waals surface area contributed by atoms with Gasteiger partial charge >= 0.3 is 0 Å². The van der Waals surface area contributed by atoms with E-state index >= 15 is 0 Å². The largest absolute Gasteiger partial charge is 0.377 e. The third-order valence-electron chi connectivity index (χ3n) is 2.02. The van der Waals surface area contributed by atoms with Crippen LogP contribution in [0.3, 0.4) is 0 Å². The third-order valence-corrected chi connectivity index (χ3v) is 2.14. The molecule has 0 aromatic rings. The van der Waals surface area contributed by atoms with Crippen LogP contribution in [0.15, 0.2) is 0 Å². The molecule has 1 aliphatic heterocycles. The van der Waals surface area contributed by atoms with Crippen molar-refractivity contribution in [3.8, 4) is 0 Å². The highest BCUT2D eigenvalue weighted by atomic mass is 32.1. The lowest BCUT2D eigenvalue weighted by molar-refractivity contribution is -0.187. The molecule has 0 spiro atoms. The van der Waals surface area contributed by atoms with Crippen molar-refractivity contribution in [2.45, 2.75) is 38.5 Å². The second-order valence-corrected chi connectivity index (χ2v) is 4.11. The van der Waals surface area contributed by atoms with Gasteiger partial charge in [0, 0.05) is 12.0 Å². The summed E-state index contributed by atoms with van der Waals surface area (Å²) < 4.78 is 10.9. The molecule has 0 saturated carbocycles. The Balaban J connectivity index is 2.32. The van der Waals surface area contributed by atoms with E-state index in [1.54, 1.807) is 5.49 Å². The molecule has 1 fully saturated rings. The van der Waals surface area contributed by atoms with E-state index in [4.69, 9.17) is 21.7 Å². The van der Waals surface area contributed by atoms with E-state index in [2.05, 4.69) is 19.2 Å². The fraction of sp³-hybridized carbons (Fsp3) is 0.889. The van der Waals surface area contributed by atoms with Gasteiger partial charge in [-0.25, -0.2) is 0 Å². The predicted molar refractivity (Wildman–Crippen MR) is 55.8 cm³/mol. The van der Waals surface area contributed by atoms with Crippen molar-refractivity contribution in [3.63, 3.8) is 0 Å². The minimum absolute atomic E-state index is 0.0518. The highest BCUT2D eigenvalue weighted by Gasteiger charge is 2.24. The molecule has 1 rings (SSSR count). The summed E-state index contributed by atoms with van der Waals surface area (Å²) in [5.41, 5.74) is 1.49. The van der Waals surface area contributed by atoms with Gasteiger partial charge in [0.1, 0.15) is 0 Å². The van der Waals surface area contributed by atoms with Crippen molar-refractivity contribution in [2.24, 2.45) is 0 Å². The summed E-state index contributed by atoms with van der Waals surface area (Å²) in [6.07, 6.45) is 1.74. The van der Waals surface area contributed by atoms with Crippen LogP contribution in [-0.4, -0.2) is 30.5 Å². The Kier molecular flexibility index (Phi) is 4.09. The summed E-state index contributed by atoms with van der Waals surface area (Å²) in [5, 5.41) is 3.10. The fourth-order valence-corrected chi connectivity index (χ4v) is 1.61. The summed E-state index contributed by atoms with van der Waals surface area (Å²) >= 11 is 4.75. The van der Waals surface area contributed by atoms with Crippen molar-refractivity contribution in [3.05, 3.63) is 0 Å². The van der Waals surface area contributed by atoms with E-state index in [9.17, 15) is 0 Å². The van der Waals surface area contributed by atoms with Crippen molar-refractivity contribution < 1.29 is 9.47 Å². The highest BCUT2D eigenvalue weighted by molar-refractivity contribution is 7.78. The van der Waals surface area contributed by atoms with Gasteiger partial charge in [0.15, 0.2) is 6.29 Å². The molecular weight excluding hydrogens is 186 g/mol. The number of rotatable bonds is 4. The third kappa shape index (κ3) is 4.02. The van der Waals surface area contributed by atoms with E-state index in [0.29, 0.717) is 0 Å². The SMILES string of the molecule is CC(C)(CC1OCCCO1)NC=S. The Bertz CT molecular complexity index is 167. The van der Waals surface area contributed by atoms with Gasteiger partial charge in [-0.05, 0) is 20.3 Å². The molecule has 4 heteroatoms. The van der Waals surface area contributed by atoms with E-state index in [1.807, 2.05) is 0 Å². The lowest BCUT2D eigenvalue weighted by atomic mass is 10.0. The van der Waals surface area contributed by atoms with Gasteiger partial charge in [0.25, 0.3) is 0 Å². The summed E-state index contributed by atoms with van der Waals surface area (Å²) in [6.45, 7) is 5.77. The van der Waals surface area contributed by atoms with Gasteiger partial charge in [-0.1, -0.05) is 12.2 Å². The molecule has 0 aromatic heterocycles. The molecule has 1 heterocycles. The fourth-order valence-electron chi connectivity index (χ4n) is 1.29. The first-order chi connectivity index (χ1) is 6.14. The smallest absolute Gasteiger partial charge is 0.159 e. The Morgan fingerprint density at radius 3 is 2.62 bits per heavy atom. The topological polar surface area (TPSA) is 30.5 Å². The summed E-state index contributed by atoms with van der Waals surface area (Å²) in [5.74, 6) is 0. The van der Waals surface area contributed by atoms with Crippen LogP contribution in [0.2, 0.25) is 0 Å². The lowest BCUT2D eigenvalue weighted by Gasteiger charge is -2.31. The number of nitrogens with one attached hydrogen (secondary N) is 1. The molecule has 13 heavy (non-hydrogen) atoms. The summed E-state index contributed by atoms with van der Waals surface area (Å²) in [4.78, 5) is 0. The van der Waals surface area contributed by atoms with E-state index in [0.717, 1.165) is 26.1 Å². The maximum absolute atomic E-state index is 5.45. The molecule has 76 valence electrons. The standard InChI is InChI=1S/C9H17NO2S/c1-9(2,10-7-13)6-8-11-4-3-5-12-8/h7-8H,3-6H2,1-2H3,(H,10,13). The Morgan fingerprint density at radius 2 is 2.08 bits per heavy atom. The summed E-state index contributed by atoms with van der Waals surface area (Å²) in [6, 6.07) is 0. The second-order valence-electron chi connectivity index (χ2n) is 3.87. The molecule has 1 N–H and O–H groups in total. The van der Waals surface area contributed by atoms with Gasteiger partial charge in [0.05, 0.1) is 18.7 Å². The first-order valence-corrected chi connectivity index (χ1v) is 5.06. The zero-order chi connectivity index (χ0) is 9.73. The summed E-state index contributed by atoms with van der Waals surface area (Å²) in [7, 11) is 0. The van der Waals surface area contributed by atoms with Gasteiger partial charge < -0.3 is 14.8 Å². The van der Waals surface area contributed by atoms with Crippen molar-refractivity contribution in [1.29, 1.82) is 0 Å². The van der Waals surface area contributed by atoms with Crippen LogP contribution in [0.1, 0.15) is 26.7 Å². The van der Waals surface area contributed by atoms with E-state index in [1.165, 1.54) is 0 Å². The van der Waals surface area contributed by atoms with Crippen LogP contribution < -0.4 is 5.32 Å². The first-order valence-electron chi connectivity index (χ1n) is 4.58. The minimum atomic E-state index is -0.0776. The van der Waals surface area contributed by atoms with Gasteiger partial charge in [-0.3, -0.25) is 0 Å². The average molecular weight is 203 g/mol. The van der Waals surface area contributed by atoms with Gasteiger partial charge in [0.2, 0.25) is 0 Å². The molecule has 0 atom stereocenters. The molecule has 3 nitrogen and oxygen atoms in total. The Hall–Kier alpha value is -0.190. The van der Waals surface area contributed by atoms with Crippen molar-refractivity contribution >= 4 is 17.7 Å². The van der Waals surface area contributed by atoms with E-state index in [-0.39, 0.29) is 11.8 Å². The number of ether oxygens (including phenoxy) is 2. The van der Waals surface area contributed by atoms with Crippen LogP contribution in [0.25, 0.3) is 0 Å². The first kappa shape index (κ1) is 10.9. The molecule has 1 saturated heterocycles. The molecule has 1 aliphatic rings. The Labute approximate surface area is 84.8 Å². The van der Waals surface area contributed by atoms with Crippen molar-refractivity contribution in [2.75, 3.05) is 13.2 Å². The monoisotopic (exact) mass is 203 g/mol. The maximum atomic E-state index is 5.45. The molecule has 0 radical (unpaired) electrons. The van der Waals surface area contributed by atoms with Crippen LogP contribution in [-0.2, 0) is 9.47 Å². The lowest BCUT2D eigenvalue weighted by Crippen LogP contribution is -2.43. The van der Waals surface area contributed by atoms with Gasteiger partial charge in [-0.15, -0.1) is 0 Å². The normalized spacial score (nSPS) is 19.8. The van der Waals surface area contributed by atoms with Crippen LogP contribution >= 0.6 is 12.2 Å². The zero-order valence-corrected chi connectivity index (χ0v) is 9.02. The molecule has 0 aromatic carbocycles. The number of hydrogen-bond acceptors (Lipinski definition) is 3. The predicted octanol–water partition coefficient (Wildman–Crippen LogP) is 1.46. The van der Waals surface area contributed by atoms with Crippen molar-refractivity contribution in [1.82, 2.24) is 5.32 Å². The number of hydrogen-bond donors (Lipinski definition) is 1. The van der Waals surface area contributed by atoms with E-state index < -0.39 is 0 Å². The average Bonchev–Trinajstić information content (AvgIpc) is 2.04. The molecular formula is C9H17NO2S. The molecule has 0 bridgehead atoms. The van der Waals surface area contributed by atoms with Crippen LogP contribution in [0, 0.1) is 0 Å². The number of thiocarbonyl (C=S) groups is 1. The molecule has 0 unspecified atom stereocenters. The zero-order valence-electron chi connectivity index (χ0n) is 8.21. The quantitative estimate of drug-likeness (QED) is 0.701.